The predicted molar refractivity (Wildman–Crippen MR) is 105 cm³/mol. The molecule has 0 aliphatic rings. The first kappa shape index (κ1) is 18.4. The van der Waals surface area contributed by atoms with Gasteiger partial charge in [-0.25, -0.2) is 4.98 Å². The minimum Gasteiger partial charge on any atom is -0.332 e. The maximum atomic E-state index is 12.6. The molecule has 0 saturated carbocycles. The summed E-state index contributed by atoms with van der Waals surface area (Å²) in [6.45, 7) is 2.02. The van der Waals surface area contributed by atoms with Crippen LogP contribution in [0.25, 0.3) is 5.69 Å². The Kier molecular flexibility index (Phi) is 5.66. The van der Waals surface area contributed by atoms with E-state index >= 15 is 0 Å². The molecule has 138 valence electrons. The Balaban J connectivity index is 1.62. The molecule has 1 N–H and O–H groups in total. The Bertz CT molecular complexity index is 918. The van der Waals surface area contributed by atoms with Gasteiger partial charge in [-0.3, -0.25) is 9.59 Å². The summed E-state index contributed by atoms with van der Waals surface area (Å²) in [5.41, 5.74) is 3.30. The Morgan fingerprint density at radius 1 is 1.11 bits per heavy atom. The number of hydrogen-bond donors (Lipinski definition) is 1. The number of benzene rings is 2. The molecule has 6 nitrogen and oxygen atoms in total. The zero-order valence-corrected chi connectivity index (χ0v) is 15.4. The third-order valence-corrected chi connectivity index (χ3v) is 4.32. The molecule has 0 aliphatic carbocycles. The molecule has 0 spiro atoms. The van der Waals surface area contributed by atoms with Gasteiger partial charge in [-0.2, -0.15) is 0 Å². The normalized spacial score (nSPS) is 10.4. The average Bonchev–Trinajstić information content (AvgIpc) is 3.22. The second-order valence-electron chi connectivity index (χ2n) is 6.24. The van der Waals surface area contributed by atoms with Crippen LogP contribution in [0.2, 0.25) is 0 Å². The van der Waals surface area contributed by atoms with Gasteiger partial charge in [0.05, 0.1) is 12.9 Å². The van der Waals surface area contributed by atoms with E-state index in [0.717, 1.165) is 23.4 Å². The summed E-state index contributed by atoms with van der Waals surface area (Å²) in [5, 5.41) is 2.88. The van der Waals surface area contributed by atoms with E-state index in [1.807, 2.05) is 54.1 Å². The number of carbonyl (C=O) groups is 2. The van der Waals surface area contributed by atoms with Gasteiger partial charge in [0.25, 0.3) is 5.91 Å². The Morgan fingerprint density at radius 3 is 2.52 bits per heavy atom. The number of amides is 2. The first-order valence-electron chi connectivity index (χ1n) is 8.80. The molecule has 2 amide bonds. The van der Waals surface area contributed by atoms with Crippen molar-refractivity contribution in [2.24, 2.45) is 0 Å². The van der Waals surface area contributed by atoms with Gasteiger partial charge in [0.15, 0.2) is 0 Å². The minimum absolute atomic E-state index is 0.0137. The molecule has 1 aromatic heterocycles. The number of nitrogens with one attached hydrogen (secondary N) is 1. The van der Waals surface area contributed by atoms with Crippen molar-refractivity contribution in [2.75, 3.05) is 18.9 Å². The highest BCUT2D eigenvalue weighted by Gasteiger charge is 2.15. The summed E-state index contributed by atoms with van der Waals surface area (Å²) >= 11 is 0. The third-order valence-electron chi connectivity index (χ3n) is 4.32. The van der Waals surface area contributed by atoms with Gasteiger partial charge in [-0.1, -0.05) is 25.1 Å². The highest BCUT2D eigenvalue weighted by Crippen LogP contribution is 2.15. The van der Waals surface area contributed by atoms with Gasteiger partial charge in [0.1, 0.15) is 0 Å². The molecule has 1 heterocycles. The summed E-state index contributed by atoms with van der Waals surface area (Å²) in [7, 11) is 1.62. The number of anilines is 1. The first-order valence-corrected chi connectivity index (χ1v) is 8.80. The number of aryl methyl sites for hydroxylation is 1. The monoisotopic (exact) mass is 362 g/mol. The molecule has 0 bridgehead atoms. The molecule has 0 aliphatic heterocycles. The lowest BCUT2D eigenvalue weighted by molar-refractivity contribution is -0.116. The van der Waals surface area contributed by atoms with Crippen molar-refractivity contribution < 1.29 is 9.59 Å². The van der Waals surface area contributed by atoms with Crippen LogP contribution in [0.15, 0.2) is 67.3 Å². The molecule has 0 saturated heterocycles. The Labute approximate surface area is 158 Å². The molecule has 6 heteroatoms. The van der Waals surface area contributed by atoms with Gasteiger partial charge >= 0.3 is 0 Å². The molecule has 0 unspecified atom stereocenters. The Morgan fingerprint density at radius 2 is 1.85 bits per heavy atom. The van der Waals surface area contributed by atoms with Crippen LogP contribution < -0.4 is 5.32 Å². The van der Waals surface area contributed by atoms with E-state index in [1.54, 1.807) is 31.7 Å². The summed E-state index contributed by atoms with van der Waals surface area (Å²) in [5.74, 6) is -0.423. The van der Waals surface area contributed by atoms with Crippen molar-refractivity contribution in [3.63, 3.8) is 0 Å². The molecular formula is C21H22N4O2. The van der Waals surface area contributed by atoms with Crippen LogP contribution in [-0.4, -0.2) is 39.9 Å². The second-order valence-corrected chi connectivity index (χ2v) is 6.24. The number of hydrogen-bond acceptors (Lipinski definition) is 3. The maximum Gasteiger partial charge on any atom is 0.254 e. The molecule has 3 rings (SSSR count). The van der Waals surface area contributed by atoms with Crippen LogP contribution in [0.4, 0.5) is 5.69 Å². The number of carbonyl (C=O) groups excluding carboxylic acids is 2. The summed E-state index contributed by atoms with van der Waals surface area (Å²) in [6, 6.07) is 14.9. The van der Waals surface area contributed by atoms with E-state index < -0.39 is 0 Å². The summed E-state index contributed by atoms with van der Waals surface area (Å²) < 4.78 is 1.86. The van der Waals surface area contributed by atoms with E-state index in [0.29, 0.717) is 5.56 Å². The van der Waals surface area contributed by atoms with Gasteiger partial charge in [0.2, 0.25) is 5.91 Å². The van der Waals surface area contributed by atoms with Crippen molar-refractivity contribution >= 4 is 17.5 Å². The zero-order valence-electron chi connectivity index (χ0n) is 15.4. The van der Waals surface area contributed by atoms with Crippen molar-refractivity contribution in [1.29, 1.82) is 0 Å². The molecule has 3 aromatic rings. The van der Waals surface area contributed by atoms with Gasteiger partial charge in [-0.05, 0) is 42.3 Å². The fourth-order valence-electron chi connectivity index (χ4n) is 2.84. The highest BCUT2D eigenvalue weighted by atomic mass is 16.2. The number of rotatable bonds is 6. The Hall–Kier alpha value is -3.41. The summed E-state index contributed by atoms with van der Waals surface area (Å²) in [4.78, 5) is 30.3. The standard InChI is InChI=1S/C21H22N4O2/c1-3-16-6-4-5-7-19(16)23-20(26)14-24(2)21(27)17-8-10-18(11-9-17)25-13-12-22-15-25/h4-13,15H,3,14H2,1-2H3,(H,23,26). The lowest BCUT2D eigenvalue weighted by atomic mass is 10.1. The van der Waals surface area contributed by atoms with Crippen LogP contribution in [0.3, 0.4) is 0 Å². The number of nitrogens with zero attached hydrogens (tertiary/aromatic N) is 3. The lowest BCUT2D eigenvalue weighted by Crippen LogP contribution is -2.35. The highest BCUT2D eigenvalue weighted by molar-refractivity contribution is 5.99. The van der Waals surface area contributed by atoms with Crippen molar-refractivity contribution in [2.45, 2.75) is 13.3 Å². The number of likely N-dealkylation sites (N-methyl/N-ethyl adjacent to an activating group) is 1. The maximum absolute atomic E-state index is 12.6. The molecular weight excluding hydrogens is 340 g/mol. The fraction of sp³-hybridized carbons (Fsp3) is 0.190. The average molecular weight is 362 g/mol. The van der Waals surface area contributed by atoms with Crippen LogP contribution in [0, 0.1) is 0 Å². The number of para-hydroxylation sites is 1. The van der Waals surface area contributed by atoms with Crippen molar-refractivity contribution in [1.82, 2.24) is 14.5 Å². The lowest BCUT2D eigenvalue weighted by Gasteiger charge is -2.18. The minimum atomic E-state index is -0.221. The molecule has 2 aromatic carbocycles. The van der Waals surface area contributed by atoms with Crippen molar-refractivity contribution in [3.8, 4) is 5.69 Å². The first-order chi connectivity index (χ1) is 13.1. The summed E-state index contributed by atoms with van der Waals surface area (Å²) in [6.07, 6.45) is 6.06. The van der Waals surface area contributed by atoms with Gasteiger partial charge < -0.3 is 14.8 Å². The smallest absolute Gasteiger partial charge is 0.254 e. The zero-order chi connectivity index (χ0) is 19.2. The third kappa shape index (κ3) is 4.41. The quantitative estimate of drug-likeness (QED) is 0.732. The van der Waals surface area contributed by atoms with E-state index in [2.05, 4.69) is 10.3 Å². The predicted octanol–water partition coefficient (Wildman–Crippen LogP) is 3.15. The SMILES string of the molecule is CCc1ccccc1NC(=O)CN(C)C(=O)c1ccc(-n2ccnc2)cc1. The van der Waals surface area contributed by atoms with Gasteiger partial charge in [0, 0.05) is 36.4 Å². The fourth-order valence-corrected chi connectivity index (χ4v) is 2.84. The molecule has 0 radical (unpaired) electrons. The van der Waals surface area contributed by atoms with E-state index in [1.165, 1.54) is 4.90 Å². The largest absolute Gasteiger partial charge is 0.332 e. The topological polar surface area (TPSA) is 67.2 Å². The van der Waals surface area contributed by atoms with Gasteiger partial charge in [-0.15, -0.1) is 0 Å². The van der Waals surface area contributed by atoms with E-state index in [9.17, 15) is 9.59 Å². The second kappa shape index (κ2) is 8.31. The van der Waals surface area contributed by atoms with E-state index in [-0.39, 0.29) is 18.4 Å². The van der Waals surface area contributed by atoms with Crippen molar-refractivity contribution in [3.05, 3.63) is 78.4 Å². The number of aromatic nitrogens is 2. The van der Waals surface area contributed by atoms with Crippen LogP contribution >= 0.6 is 0 Å². The van der Waals surface area contributed by atoms with Crippen LogP contribution in [0.5, 0.6) is 0 Å². The molecule has 27 heavy (non-hydrogen) atoms. The van der Waals surface area contributed by atoms with E-state index in [4.69, 9.17) is 0 Å². The van der Waals surface area contributed by atoms with Crippen LogP contribution in [-0.2, 0) is 11.2 Å². The van der Waals surface area contributed by atoms with Crippen LogP contribution in [0.1, 0.15) is 22.8 Å². The molecule has 0 fully saturated rings. The molecule has 0 atom stereocenters. The number of imidazole rings is 1.